The number of thioether (sulfide) groups is 1. The van der Waals surface area contributed by atoms with Gasteiger partial charge in [-0.25, -0.2) is 25.4 Å². The first kappa shape index (κ1) is 41.8. The van der Waals surface area contributed by atoms with Crippen molar-refractivity contribution in [1.82, 2.24) is 44.9 Å². The van der Waals surface area contributed by atoms with Gasteiger partial charge in [0.2, 0.25) is 11.9 Å². The van der Waals surface area contributed by atoms with Crippen LogP contribution in [0.15, 0.2) is 84.8 Å². The third-order valence-corrected chi connectivity index (χ3v) is 16.4. The van der Waals surface area contributed by atoms with Crippen LogP contribution in [-0.2, 0) is 9.59 Å². The number of hydrogen-bond donors (Lipinski definition) is 4. The number of aromatic nitrogens is 6. The Kier molecular flexibility index (Phi) is 10.4. The Hall–Kier alpha value is -5.88. The number of carbonyl (C=O) groups excluding carboxylic acids is 2. The third kappa shape index (κ3) is 7.61. The zero-order valence-electron chi connectivity index (χ0n) is 36.7. The fourth-order valence-electron chi connectivity index (χ4n) is 10.00. The van der Waals surface area contributed by atoms with Crippen molar-refractivity contribution in [1.29, 1.82) is 0 Å². The summed E-state index contributed by atoms with van der Waals surface area (Å²) in [5.41, 5.74) is 13.2. The maximum atomic E-state index is 14.3. The van der Waals surface area contributed by atoms with Gasteiger partial charge in [-0.2, -0.15) is 0 Å². The van der Waals surface area contributed by atoms with Crippen molar-refractivity contribution in [3.05, 3.63) is 107 Å². The average molecular weight is 911 g/mol. The maximum Gasteiger partial charge on any atom is 0.251 e. The molecule has 17 heteroatoms. The number of rotatable bonds is 12. The summed E-state index contributed by atoms with van der Waals surface area (Å²) in [6.45, 7) is 9.76. The van der Waals surface area contributed by atoms with Gasteiger partial charge < -0.3 is 29.9 Å². The Bertz CT molecular complexity index is 2840. The summed E-state index contributed by atoms with van der Waals surface area (Å²) in [4.78, 5) is 47.0. The number of anilines is 1. The lowest BCUT2D eigenvalue weighted by atomic mass is 10.00. The Balaban J connectivity index is 0.730. The lowest BCUT2D eigenvalue weighted by molar-refractivity contribution is -0.749. The first-order valence-corrected chi connectivity index (χ1v) is 24.3. The Labute approximate surface area is 385 Å². The molecule has 0 radical (unpaired) electrons. The van der Waals surface area contributed by atoms with Gasteiger partial charge in [0.1, 0.15) is 23.5 Å². The number of aliphatic hydroxyl groups excluding tert-OH is 1. The minimum absolute atomic E-state index is 0.0671. The molecule has 1 unspecified atom stereocenters. The first-order valence-electron chi connectivity index (χ1n) is 22.5. The van der Waals surface area contributed by atoms with Crippen molar-refractivity contribution in [2.24, 2.45) is 5.92 Å². The molecule has 2 amide bonds. The van der Waals surface area contributed by atoms with E-state index in [1.54, 1.807) is 22.3 Å². The normalized spacial score (nSPS) is 23.6. The molecule has 1 aliphatic carbocycles. The van der Waals surface area contributed by atoms with Crippen LogP contribution in [-0.4, -0.2) is 104 Å². The largest absolute Gasteiger partial charge is 0.507 e. The van der Waals surface area contributed by atoms with Crippen LogP contribution in [0.25, 0.3) is 38.4 Å². The van der Waals surface area contributed by atoms with E-state index in [4.69, 9.17) is 9.97 Å². The molecule has 1 spiro atoms. The predicted octanol–water partition coefficient (Wildman–Crippen LogP) is 5.75. The highest BCUT2D eigenvalue weighted by atomic mass is 32.2. The van der Waals surface area contributed by atoms with Gasteiger partial charge in [-0.15, -0.1) is 33.3 Å². The predicted molar refractivity (Wildman–Crippen MR) is 250 cm³/mol. The zero-order chi connectivity index (χ0) is 44.7. The molecular weight excluding hydrogens is 859 g/mol. The minimum atomic E-state index is -0.786. The number of aromatic hydroxyl groups is 1. The second kappa shape index (κ2) is 16.2. The summed E-state index contributed by atoms with van der Waals surface area (Å²) in [7, 11) is 0. The Morgan fingerprint density at radius 3 is 2.46 bits per heavy atom. The number of aryl methyl sites for hydroxylation is 1. The van der Waals surface area contributed by atoms with Gasteiger partial charge in [0.25, 0.3) is 5.91 Å². The van der Waals surface area contributed by atoms with Crippen LogP contribution in [0.5, 0.6) is 5.75 Å². The average Bonchev–Trinajstić information content (AvgIpc) is 3.99. The molecule has 2 aromatic carbocycles. The molecule has 15 nitrogen and oxygen atoms in total. The summed E-state index contributed by atoms with van der Waals surface area (Å²) in [5, 5.41) is 35.7. The topological polar surface area (TPSA) is 182 Å². The van der Waals surface area contributed by atoms with Crippen LogP contribution in [0.4, 0.5) is 5.95 Å². The molecule has 5 aliphatic rings. The van der Waals surface area contributed by atoms with E-state index >= 15 is 0 Å². The summed E-state index contributed by atoms with van der Waals surface area (Å²) in [6.07, 6.45) is 8.39. The number of nitrogens with zero attached hydrogens (tertiary/aromatic N) is 9. The van der Waals surface area contributed by atoms with E-state index in [1.807, 2.05) is 116 Å². The van der Waals surface area contributed by atoms with Crippen LogP contribution in [0.2, 0.25) is 0 Å². The smallest absolute Gasteiger partial charge is 0.251 e. The van der Waals surface area contributed by atoms with E-state index in [-0.39, 0.29) is 47.2 Å². The Morgan fingerprint density at radius 2 is 1.75 bits per heavy atom. The molecule has 5 N–H and O–H groups in total. The number of likely N-dealkylation sites (tertiary alicyclic amines) is 1. The summed E-state index contributed by atoms with van der Waals surface area (Å²) in [5.74, 6) is 0.379. The molecule has 6 atom stereocenters. The molecule has 11 rings (SSSR count). The number of benzene rings is 2. The number of nitrogens with two attached hydrogens (primary N) is 1. The summed E-state index contributed by atoms with van der Waals surface area (Å²) >= 11 is 3.62. The fourth-order valence-corrected chi connectivity index (χ4v) is 12.3. The van der Waals surface area contributed by atoms with Crippen molar-refractivity contribution in [3.8, 4) is 27.4 Å². The number of phenolic OH excluding ortho intramolecular Hbond substituents is 1. The van der Waals surface area contributed by atoms with Crippen molar-refractivity contribution in [2.45, 2.75) is 93.6 Å². The van der Waals surface area contributed by atoms with Crippen molar-refractivity contribution >= 4 is 57.6 Å². The zero-order valence-corrected chi connectivity index (χ0v) is 38.3. The lowest BCUT2D eigenvalue weighted by Gasteiger charge is -2.38. The molecular formula is C48H52N11O4S2+. The number of amides is 2. The highest BCUT2D eigenvalue weighted by Crippen LogP contribution is 2.69. The number of fused-ring (bicyclic) bond motifs is 1. The minimum Gasteiger partial charge on any atom is -0.507 e. The van der Waals surface area contributed by atoms with Crippen molar-refractivity contribution < 1.29 is 25.2 Å². The van der Waals surface area contributed by atoms with Gasteiger partial charge in [0, 0.05) is 55.7 Å². The molecule has 0 bridgehead atoms. The van der Waals surface area contributed by atoms with Crippen molar-refractivity contribution in [3.63, 3.8) is 0 Å². The molecule has 8 heterocycles. The highest BCUT2D eigenvalue weighted by molar-refractivity contribution is 8.08. The standard InChI is InChI=1S/C48H51N11O4S2/c1-26(2)42(46(63)57-22-33(60)17-40(57)45(62)52-27(3)29-9-11-30(12-10-29)43-28(4)51-25-64-43)58-23-37(55-58)31-20-49-47(50-21-31)56-16-15-48(24-56)44(65-48)39-19-36-38(59(39)32-13-14-32)18-35(53-54-36)34-7-5-6-8-41(34)61/h5-12,18-21,23,25-27,32-33,40,42,44,55,60-61H,13-17,22,24H2,1-4H3,(H,52,62)/p+1/t27-,33+,40-,42?,44+,48+/m0/s1. The van der Waals surface area contributed by atoms with Gasteiger partial charge in [-0.3, -0.25) is 9.59 Å². The molecule has 4 aliphatic heterocycles. The van der Waals surface area contributed by atoms with E-state index in [9.17, 15) is 19.8 Å². The first-order chi connectivity index (χ1) is 31.4. The number of hydrogen-bond acceptors (Lipinski definition) is 13. The maximum absolute atomic E-state index is 14.3. The van der Waals surface area contributed by atoms with E-state index in [0.717, 1.165) is 76.3 Å². The number of phenols is 1. The number of para-hydroxylation sites is 1. The highest BCUT2D eigenvalue weighted by Gasteiger charge is 2.61. The summed E-state index contributed by atoms with van der Waals surface area (Å²) < 4.78 is 2.56. The fraction of sp³-hybridized carbons (Fsp3) is 0.396. The lowest BCUT2D eigenvalue weighted by Crippen LogP contribution is -2.98. The number of nitrogens with one attached hydrogen (secondary N) is 1. The van der Waals surface area contributed by atoms with Crippen molar-refractivity contribution in [2.75, 3.05) is 24.5 Å². The molecule has 4 fully saturated rings. The van der Waals surface area contributed by atoms with Crippen LogP contribution >= 0.6 is 23.1 Å². The van der Waals surface area contributed by atoms with Gasteiger partial charge in [-0.05, 0) is 74.4 Å². The number of quaternary nitrogens is 1. The van der Waals surface area contributed by atoms with E-state index in [0.29, 0.717) is 28.5 Å². The van der Waals surface area contributed by atoms with Crippen LogP contribution < -0.4 is 15.6 Å². The molecule has 6 aromatic rings. The second-order valence-corrected chi connectivity index (χ2v) is 20.9. The van der Waals surface area contributed by atoms with E-state index in [2.05, 4.69) is 42.1 Å². The second-order valence-electron chi connectivity index (χ2n) is 18.6. The Morgan fingerprint density at radius 1 is 0.985 bits per heavy atom. The monoisotopic (exact) mass is 910 g/mol. The number of β-amino-alcohol motifs (C(OH)–C–C–N with tert-alkyl or cyclic N) is 1. The summed E-state index contributed by atoms with van der Waals surface area (Å²) in [6, 6.07) is 18.5. The van der Waals surface area contributed by atoms with Crippen LogP contribution in [0, 0.1) is 12.8 Å². The quantitative estimate of drug-likeness (QED) is 0.0864. The van der Waals surface area contributed by atoms with Crippen LogP contribution in [0.1, 0.15) is 86.3 Å². The molecule has 65 heavy (non-hydrogen) atoms. The van der Waals surface area contributed by atoms with E-state index in [1.165, 1.54) is 5.69 Å². The van der Waals surface area contributed by atoms with Gasteiger partial charge >= 0.3 is 0 Å². The number of carbonyl (C=O) groups is 2. The molecule has 334 valence electrons. The molecule has 3 saturated heterocycles. The number of thiazole rings is 1. The molecule has 4 aromatic heterocycles. The molecule has 1 saturated carbocycles. The van der Waals surface area contributed by atoms with E-state index < -0.39 is 18.2 Å². The van der Waals surface area contributed by atoms with Gasteiger partial charge in [0.15, 0.2) is 11.7 Å². The SMILES string of the molecule is Cc1ncsc1-c1ccc([C@H](C)NC(=O)[C@@H]2C[C@@H](O)CN2C(=O)C(C(C)C)N2C=C(c3cnc(N4CC[C@]5(C4)S[C@@H]5c4cc5nnc(-c6ccccc6O)cc5n4C4CC4)nc3)[NH2+]2)cc1. The van der Waals surface area contributed by atoms with Crippen LogP contribution in [0.3, 0.4) is 0 Å². The third-order valence-electron chi connectivity index (χ3n) is 13.7. The number of aliphatic hydroxyl groups is 1. The van der Waals surface area contributed by atoms with Gasteiger partial charge in [-0.1, -0.05) is 50.2 Å². The van der Waals surface area contributed by atoms with Gasteiger partial charge in [0.05, 0.1) is 55.0 Å².